The molecule has 3 heterocycles. The highest BCUT2D eigenvalue weighted by Crippen LogP contribution is 2.27. The molecule has 172 valence electrons. The summed E-state index contributed by atoms with van der Waals surface area (Å²) in [4.78, 5) is 35.7. The SMILES string of the molecule is O=C(c1ccc(Cl)c([N+](=O)[O-])c1)N1CCN(c2ncnc3c2nnn3-c2ccc(F)cc2)CC1. The van der Waals surface area contributed by atoms with E-state index in [-0.39, 0.29) is 28.0 Å². The largest absolute Gasteiger partial charge is 0.351 e. The first-order chi connectivity index (χ1) is 16.4. The number of hydrogen-bond acceptors (Lipinski definition) is 8. The van der Waals surface area contributed by atoms with Gasteiger partial charge < -0.3 is 9.80 Å². The number of piperazine rings is 1. The van der Waals surface area contributed by atoms with Gasteiger partial charge in [-0.1, -0.05) is 16.8 Å². The van der Waals surface area contributed by atoms with Crippen LogP contribution in [0.2, 0.25) is 5.02 Å². The molecule has 13 heteroatoms. The van der Waals surface area contributed by atoms with E-state index in [9.17, 15) is 19.3 Å². The highest BCUT2D eigenvalue weighted by atomic mass is 35.5. The summed E-state index contributed by atoms with van der Waals surface area (Å²) in [6.45, 7) is 1.70. The minimum absolute atomic E-state index is 0.0205. The van der Waals surface area contributed by atoms with Crippen molar-refractivity contribution in [2.45, 2.75) is 0 Å². The molecule has 2 aromatic carbocycles. The van der Waals surface area contributed by atoms with Gasteiger partial charge in [0.15, 0.2) is 17.0 Å². The van der Waals surface area contributed by atoms with Crippen LogP contribution in [0.3, 0.4) is 0 Å². The topological polar surface area (TPSA) is 123 Å². The molecule has 1 aliphatic heterocycles. The van der Waals surface area contributed by atoms with Crippen molar-refractivity contribution in [2.24, 2.45) is 0 Å². The fourth-order valence-electron chi connectivity index (χ4n) is 3.81. The first-order valence-corrected chi connectivity index (χ1v) is 10.6. The minimum atomic E-state index is -0.615. The summed E-state index contributed by atoms with van der Waals surface area (Å²) in [5.41, 5.74) is 1.47. The fraction of sp³-hybridized carbons (Fsp3) is 0.190. The van der Waals surface area contributed by atoms with Crippen molar-refractivity contribution in [2.75, 3.05) is 31.1 Å². The number of halogens is 2. The number of nitro benzene ring substituents is 1. The van der Waals surface area contributed by atoms with Crippen molar-refractivity contribution >= 4 is 40.2 Å². The number of aromatic nitrogens is 5. The summed E-state index contributed by atoms with van der Waals surface area (Å²) in [7, 11) is 0. The summed E-state index contributed by atoms with van der Waals surface area (Å²) < 4.78 is 14.8. The molecule has 0 bridgehead atoms. The molecule has 1 aliphatic rings. The van der Waals surface area contributed by atoms with Gasteiger partial charge in [0.25, 0.3) is 11.6 Å². The van der Waals surface area contributed by atoms with Crippen LogP contribution in [-0.2, 0) is 0 Å². The zero-order chi connectivity index (χ0) is 23.8. The average Bonchev–Trinajstić information content (AvgIpc) is 3.29. The molecule has 0 radical (unpaired) electrons. The molecular formula is C21H16ClFN8O3. The molecule has 1 saturated heterocycles. The van der Waals surface area contributed by atoms with Gasteiger partial charge in [-0.25, -0.2) is 14.4 Å². The van der Waals surface area contributed by atoms with E-state index in [1.54, 1.807) is 17.0 Å². The lowest BCUT2D eigenvalue weighted by Gasteiger charge is -2.35. The van der Waals surface area contributed by atoms with Gasteiger partial charge in [0, 0.05) is 37.8 Å². The van der Waals surface area contributed by atoms with E-state index in [0.29, 0.717) is 48.8 Å². The summed E-state index contributed by atoms with van der Waals surface area (Å²) in [6.07, 6.45) is 1.41. The Balaban J connectivity index is 1.34. The molecule has 2 aromatic heterocycles. The molecule has 1 amide bonds. The average molecular weight is 483 g/mol. The predicted octanol–water partition coefficient (Wildman–Crippen LogP) is 2.87. The van der Waals surface area contributed by atoms with Crippen LogP contribution in [0.5, 0.6) is 0 Å². The number of carbonyl (C=O) groups excluding carboxylic acids is 1. The lowest BCUT2D eigenvalue weighted by atomic mass is 10.1. The number of benzene rings is 2. The van der Waals surface area contributed by atoms with E-state index < -0.39 is 4.92 Å². The van der Waals surface area contributed by atoms with Crippen LogP contribution in [0.15, 0.2) is 48.8 Å². The number of fused-ring (bicyclic) bond motifs is 1. The Morgan fingerprint density at radius 2 is 1.79 bits per heavy atom. The number of nitro groups is 1. The maximum Gasteiger partial charge on any atom is 0.288 e. The van der Waals surface area contributed by atoms with E-state index in [1.807, 2.05) is 4.90 Å². The van der Waals surface area contributed by atoms with E-state index >= 15 is 0 Å². The minimum Gasteiger partial charge on any atom is -0.351 e. The van der Waals surface area contributed by atoms with Gasteiger partial charge in [-0.3, -0.25) is 14.9 Å². The van der Waals surface area contributed by atoms with Gasteiger partial charge in [-0.05, 0) is 36.4 Å². The Morgan fingerprint density at radius 1 is 1.06 bits per heavy atom. The molecule has 4 aromatic rings. The third kappa shape index (κ3) is 3.88. The molecule has 1 fully saturated rings. The van der Waals surface area contributed by atoms with Gasteiger partial charge >= 0.3 is 0 Å². The van der Waals surface area contributed by atoms with Crippen LogP contribution in [0.4, 0.5) is 15.9 Å². The van der Waals surface area contributed by atoms with Crippen molar-refractivity contribution in [1.29, 1.82) is 0 Å². The Morgan fingerprint density at radius 3 is 2.50 bits per heavy atom. The lowest BCUT2D eigenvalue weighted by Crippen LogP contribution is -2.49. The van der Waals surface area contributed by atoms with Gasteiger partial charge in [-0.2, -0.15) is 4.68 Å². The second kappa shape index (κ2) is 8.63. The number of carbonyl (C=O) groups is 1. The Labute approximate surface area is 196 Å². The van der Waals surface area contributed by atoms with Crippen LogP contribution >= 0.6 is 11.6 Å². The Kier molecular flexibility index (Phi) is 5.49. The molecule has 0 saturated carbocycles. The number of hydrogen-bond donors (Lipinski definition) is 0. The van der Waals surface area contributed by atoms with Crippen LogP contribution in [0.1, 0.15) is 10.4 Å². The maximum absolute atomic E-state index is 13.3. The number of nitrogens with zero attached hydrogens (tertiary/aromatic N) is 8. The van der Waals surface area contributed by atoms with E-state index in [2.05, 4.69) is 20.3 Å². The summed E-state index contributed by atoms with van der Waals surface area (Å²) in [5.74, 6) is -0.0915. The van der Waals surface area contributed by atoms with E-state index in [0.717, 1.165) is 0 Å². The smallest absolute Gasteiger partial charge is 0.288 e. The third-order valence-corrected chi connectivity index (χ3v) is 5.87. The first kappa shape index (κ1) is 21.6. The monoisotopic (exact) mass is 482 g/mol. The van der Waals surface area contributed by atoms with Crippen LogP contribution in [0.25, 0.3) is 16.9 Å². The molecule has 0 N–H and O–H groups in total. The third-order valence-electron chi connectivity index (χ3n) is 5.55. The molecule has 11 nitrogen and oxygen atoms in total. The van der Waals surface area contributed by atoms with E-state index in [1.165, 1.54) is 41.3 Å². The quantitative estimate of drug-likeness (QED) is 0.321. The second-order valence-corrected chi connectivity index (χ2v) is 7.96. The van der Waals surface area contributed by atoms with Gasteiger partial charge in [0.1, 0.15) is 17.2 Å². The highest BCUT2D eigenvalue weighted by molar-refractivity contribution is 6.32. The normalized spacial score (nSPS) is 13.9. The lowest BCUT2D eigenvalue weighted by molar-refractivity contribution is -0.384. The Bertz CT molecular complexity index is 1400. The predicted molar refractivity (Wildman–Crippen MR) is 121 cm³/mol. The maximum atomic E-state index is 13.3. The molecule has 0 unspecified atom stereocenters. The van der Waals surface area contributed by atoms with Gasteiger partial charge in [0.05, 0.1) is 10.6 Å². The van der Waals surface area contributed by atoms with Crippen molar-refractivity contribution in [3.05, 3.63) is 75.3 Å². The fourth-order valence-corrected chi connectivity index (χ4v) is 4.00. The number of anilines is 1. The Hall–Kier alpha value is -4.19. The van der Waals surface area contributed by atoms with E-state index in [4.69, 9.17) is 11.6 Å². The molecule has 5 rings (SSSR count). The van der Waals surface area contributed by atoms with Crippen molar-refractivity contribution in [3.8, 4) is 5.69 Å². The number of amides is 1. The van der Waals surface area contributed by atoms with Crippen molar-refractivity contribution in [3.63, 3.8) is 0 Å². The molecular weight excluding hydrogens is 467 g/mol. The van der Waals surface area contributed by atoms with Crippen LogP contribution in [0, 0.1) is 15.9 Å². The zero-order valence-electron chi connectivity index (χ0n) is 17.5. The first-order valence-electron chi connectivity index (χ1n) is 10.2. The van der Waals surface area contributed by atoms with Crippen molar-refractivity contribution in [1.82, 2.24) is 29.9 Å². The summed E-state index contributed by atoms with van der Waals surface area (Å²) in [5, 5.41) is 19.5. The molecule has 0 atom stereocenters. The van der Waals surface area contributed by atoms with Gasteiger partial charge in [-0.15, -0.1) is 5.10 Å². The number of rotatable bonds is 4. The second-order valence-electron chi connectivity index (χ2n) is 7.55. The standard InChI is InChI=1S/C21H16ClFN8O3/c22-16-6-1-13(11-17(16)31(33)34)21(32)29-9-7-28(8-10-29)19-18-20(25-12-24-19)30(27-26-18)15-4-2-14(23)3-5-15/h1-6,11-12H,7-10H2. The molecule has 0 spiro atoms. The molecule has 34 heavy (non-hydrogen) atoms. The zero-order valence-corrected chi connectivity index (χ0v) is 18.3. The highest BCUT2D eigenvalue weighted by Gasteiger charge is 2.27. The van der Waals surface area contributed by atoms with Gasteiger partial charge in [0.2, 0.25) is 0 Å². The van der Waals surface area contributed by atoms with Crippen LogP contribution in [-0.4, -0.2) is 66.9 Å². The van der Waals surface area contributed by atoms with Crippen molar-refractivity contribution < 1.29 is 14.1 Å². The summed E-state index contributed by atoms with van der Waals surface area (Å²) in [6, 6.07) is 9.84. The summed E-state index contributed by atoms with van der Waals surface area (Å²) >= 11 is 5.85. The van der Waals surface area contributed by atoms with Crippen LogP contribution < -0.4 is 4.90 Å². The molecule has 0 aliphatic carbocycles.